The average Bonchev–Trinajstić information content (AvgIpc) is 2.16. The molecule has 0 bridgehead atoms. The largest absolute Gasteiger partial charge is 0.372 e. The van der Waals surface area contributed by atoms with Crippen LogP contribution in [0.3, 0.4) is 0 Å². The van der Waals surface area contributed by atoms with Crippen molar-refractivity contribution in [2.75, 3.05) is 30.9 Å². The van der Waals surface area contributed by atoms with Crippen molar-refractivity contribution in [1.29, 1.82) is 0 Å². The standard InChI is InChI=1S/C9H11Cl2F2N3/c1-14-8-5(10)3-6(11)9(15-8)16(2)4-7(12)13/h3,7H,4H2,1-2H3,(H,14,15). The van der Waals surface area contributed by atoms with Gasteiger partial charge in [-0.3, -0.25) is 0 Å². The molecule has 16 heavy (non-hydrogen) atoms. The number of aromatic nitrogens is 1. The summed E-state index contributed by atoms with van der Waals surface area (Å²) in [5, 5.41) is 3.35. The third-order valence-corrected chi connectivity index (χ3v) is 2.49. The van der Waals surface area contributed by atoms with Gasteiger partial charge in [0.15, 0.2) is 0 Å². The fraction of sp³-hybridized carbons (Fsp3) is 0.444. The van der Waals surface area contributed by atoms with E-state index in [0.29, 0.717) is 10.8 Å². The molecular formula is C9H11Cl2F2N3. The van der Waals surface area contributed by atoms with Crippen LogP contribution < -0.4 is 10.2 Å². The van der Waals surface area contributed by atoms with E-state index < -0.39 is 13.0 Å². The van der Waals surface area contributed by atoms with Gasteiger partial charge < -0.3 is 10.2 Å². The first-order valence-electron chi connectivity index (χ1n) is 4.48. The van der Waals surface area contributed by atoms with Gasteiger partial charge in [0.1, 0.15) is 11.6 Å². The van der Waals surface area contributed by atoms with Crippen molar-refractivity contribution in [3.63, 3.8) is 0 Å². The maximum atomic E-state index is 12.2. The van der Waals surface area contributed by atoms with E-state index in [2.05, 4.69) is 10.3 Å². The van der Waals surface area contributed by atoms with Gasteiger partial charge in [-0.15, -0.1) is 0 Å². The van der Waals surface area contributed by atoms with Crippen LogP contribution in [0.4, 0.5) is 20.4 Å². The number of hydrogen-bond donors (Lipinski definition) is 1. The highest BCUT2D eigenvalue weighted by atomic mass is 35.5. The molecule has 0 amide bonds. The summed E-state index contributed by atoms with van der Waals surface area (Å²) in [5.74, 6) is 0.679. The van der Waals surface area contributed by atoms with Crippen molar-refractivity contribution in [1.82, 2.24) is 4.98 Å². The molecule has 0 unspecified atom stereocenters. The van der Waals surface area contributed by atoms with E-state index in [4.69, 9.17) is 23.2 Å². The molecule has 3 nitrogen and oxygen atoms in total. The number of nitrogens with zero attached hydrogens (tertiary/aromatic N) is 2. The highest BCUT2D eigenvalue weighted by molar-refractivity contribution is 6.37. The zero-order valence-corrected chi connectivity index (χ0v) is 10.3. The highest BCUT2D eigenvalue weighted by Crippen LogP contribution is 2.30. The van der Waals surface area contributed by atoms with Gasteiger partial charge in [0.25, 0.3) is 6.43 Å². The minimum atomic E-state index is -2.45. The van der Waals surface area contributed by atoms with E-state index in [9.17, 15) is 8.78 Å². The molecule has 0 radical (unpaired) electrons. The fourth-order valence-corrected chi connectivity index (χ4v) is 1.79. The van der Waals surface area contributed by atoms with E-state index >= 15 is 0 Å². The lowest BCUT2D eigenvalue weighted by molar-refractivity contribution is 0.156. The molecule has 1 aromatic rings. The summed E-state index contributed by atoms with van der Waals surface area (Å²) < 4.78 is 24.4. The zero-order valence-electron chi connectivity index (χ0n) is 8.77. The smallest absolute Gasteiger partial charge is 0.255 e. The third kappa shape index (κ3) is 3.09. The highest BCUT2D eigenvalue weighted by Gasteiger charge is 2.15. The summed E-state index contributed by atoms with van der Waals surface area (Å²) in [5.41, 5.74) is 0. The van der Waals surface area contributed by atoms with Gasteiger partial charge in [0, 0.05) is 14.1 Å². The number of nitrogens with one attached hydrogen (secondary N) is 1. The summed E-state index contributed by atoms with van der Waals surface area (Å²) in [4.78, 5) is 5.34. The third-order valence-electron chi connectivity index (χ3n) is 1.92. The van der Waals surface area contributed by atoms with Gasteiger partial charge in [-0.05, 0) is 6.07 Å². The van der Waals surface area contributed by atoms with Gasteiger partial charge in [0.2, 0.25) is 0 Å². The van der Waals surface area contributed by atoms with E-state index in [0.717, 1.165) is 0 Å². The van der Waals surface area contributed by atoms with E-state index in [1.165, 1.54) is 18.0 Å². The number of anilines is 2. The second kappa shape index (κ2) is 5.50. The van der Waals surface area contributed by atoms with E-state index in [-0.39, 0.29) is 10.8 Å². The second-order valence-electron chi connectivity index (χ2n) is 3.15. The Labute approximate surface area is 102 Å². The quantitative estimate of drug-likeness (QED) is 0.911. The predicted octanol–water partition coefficient (Wildman–Crippen LogP) is 3.13. The SMILES string of the molecule is CNc1nc(N(C)CC(F)F)c(Cl)cc1Cl. The summed E-state index contributed by atoms with van der Waals surface area (Å²) >= 11 is 11.7. The van der Waals surface area contributed by atoms with Crippen LogP contribution in [-0.4, -0.2) is 32.0 Å². The Morgan fingerprint density at radius 3 is 2.56 bits per heavy atom. The van der Waals surface area contributed by atoms with E-state index in [1.807, 2.05) is 0 Å². The number of pyridine rings is 1. The van der Waals surface area contributed by atoms with Crippen molar-refractivity contribution in [3.8, 4) is 0 Å². The molecule has 0 atom stereocenters. The Kier molecular flexibility index (Phi) is 4.56. The Bertz CT molecular complexity index is 374. The minimum Gasteiger partial charge on any atom is -0.372 e. The lowest BCUT2D eigenvalue weighted by Gasteiger charge is -2.19. The first kappa shape index (κ1) is 13.3. The molecule has 1 N–H and O–H groups in total. The predicted molar refractivity (Wildman–Crippen MR) is 63.1 cm³/mol. The first-order chi connectivity index (χ1) is 7.45. The molecule has 0 saturated heterocycles. The number of alkyl halides is 2. The molecule has 0 fully saturated rings. The molecule has 1 rings (SSSR count). The van der Waals surface area contributed by atoms with E-state index in [1.54, 1.807) is 7.05 Å². The Morgan fingerprint density at radius 1 is 1.44 bits per heavy atom. The topological polar surface area (TPSA) is 28.2 Å². The molecular weight excluding hydrogens is 259 g/mol. The lowest BCUT2D eigenvalue weighted by Crippen LogP contribution is -2.25. The van der Waals surface area contributed by atoms with Crippen LogP contribution in [0.2, 0.25) is 10.0 Å². The van der Waals surface area contributed by atoms with Gasteiger partial charge in [-0.1, -0.05) is 23.2 Å². The molecule has 7 heteroatoms. The normalized spacial score (nSPS) is 10.7. The average molecular weight is 270 g/mol. The molecule has 0 saturated carbocycles. The Balaban J connectivity index is 3.03. The zero-order chi connectivity index (χ0) is 12.3. The summed E-state index contributed by atoms with van der Waals surface area (Å²) in [6, 6.07) is 1.47. The number of rotatable bonds is 4. The molecule has 0 aliphatic rings. The van der Waals surface area contributed by atoms with Crippen LogP contribution in [0.1, 0.15) is 0 Å². The van der Waals surface area contributed by atoms with Crippen molar-refractivity contribution in [2.45, 2.75) is 6.43 Å². The molecule has 0 aliphatic heterocycles. The van der Waals surface area contributed by atoms with Gasteiger partial charge >= 0.3 is 0 Å². The Hall–Kier alpha value is -0.810. The summed E-state index contributed by atoms with van der Waals surface area (Å²) in [6.07, 6.45) is -2.45. The molecule has 1 heterocycles. The van der Waals surface area contributed by atoms with Gasteiger partial charge in [-0.2, -0.15) is 0 Å². The van der Waals surface area contributed by atoms with Crippen molar-refractivity contribution >= 4 is 34.8 Å². The number of halogens is 4. The lowest BCUT2D eigenvalue weighted by atomic mass is 10.4. The number of hydrogen-bond acceptors (Lipinski definition) is 3. The maximum Gasteiger partial charge on any atom is 0.255 e. The van der Waals surface area contributed by atoms with Crippen LogP contribution in [-0.2, 0) is 0 Å². The summed E-state index contributed by atoms with van der Waals surface area (Å²) in [7, 11) is 3.13. The Morgan fingerprint density at radius 2 is 2.06 bits per heavy atom. The van der Waals surface area contributed by atoms with Crippen molar-refractivity contribution in [2.24, 2.45) is 0 Å². The summed E-state index contributed by atoms with van der Waals surface area (Å²) in [6.45, 7) is -0.433. The molecule has 0 spiro atoms. The molecule has 0 aromatic carbocycles. The van der Waals surface area contributed by atoms with Crippen LogP contribution in [0.25, 0.3) is 0 Å². The second-order valence-corrected chi connectivity index (χ2v) is 3.96. The van der Waals surface area contributed by atoms with Crippen LogP contribution in [0.15, 0.2) is 6.07 Å². The van der Waals surface area contributed by atoms with Crippen LogP contribution in [0.5, 0.6) is 0 Å². The maximum absolute atomic E-state index is 12.2. The van der Waals surface area contributed by atoms with Crippen LogP contribution >= 0.6 is 23.2 Å². The van der Waals surface area contributed by atoms with Gasteiger partial charge in [-0.25, -0.2) is 13.8 Å². The van der Waals surface area contributed by atoms with Gasteiger partial charge in [0.05, 0.1) is 16.6 Å². The first-order valence-corrected chi connectivity index (χ1v) is 5.24. The molecule has 1 aromatic heterocycles. The molecule has 90 valence electrons. The van der Waals surface area contributed by atoms with Crippen molar-refractivity contribution in [3.05, 3.63) is 16.1 Å². The monoisotopic (exact) mass is 269 g/mol. The van der Waals surface area contributed by atoms with Crippen LogP contribution in [0, 0.1) is 0 Å². The molecule has 0 aliphatic carbocycles. The minimum absolute atomic E-state index is 0.243. The fourth-order valence-electron chi connectivity index (χ4n) is 1.19. The van der Waals surface area contributed by atoms with Crippen molar-refractivity contribution < 1.29 is 8.78 Å².